The summed E-state index contributed by atoms with van der Waals surface area (Å²) < 4.78 is 11.1. The van der Waals surface area contributed by atoms with Crippen LogP contribution in [0.5, 0.6) is 0 Å². The third-order valence-electron chi connectivity index (χ3n) is 10.3. The number of rotatable bonds is 3. The van der Waals surface area contributed by atoms with Gasteiger partial charge in [-0.2, -0.15) is 0 Å². The van der Waals surface area contributed by atoms with Crippen molar-refractivity contribution in [1.82, 2.24) is 9.13 Å². The SMILES string of the molecule is c1ccc(-n2c3ccccc3c3c4c5ccccc5n(-c5cccc(-c6ccc7oc8cc9ccccc9cc8c7c6)c5)c4ccc32)cc1. The number of hydrogen-bond acceptors (Lipinski definition) is 1. The van der Waals surface area contributed by atoms with Gasteiger partial charge in [0.1, 0.15) is 11.2 Å². The van der Waals surface area contributed by atoms with Crippen LogP contribution < -0.4 is 0 Å². The first-order chi connectivity index (χ1) is 24.3. The number of aromatic nitrogens is 2. The zero-order chi connectivity index (χ0) is 32.1. The van der Waals surface area contributed by atoms with Gasteiger partial charge in [0.15, 0.2) is 0 Å². The number of benzene rings is 8. The van der Waals surface area contributed by atoms with Gasteiger partial charge in [0.25, 0.3) is 0 Å². The van der Waals surface area contributed by atoms with Crippen LogP contribution in [0.4, 0.5) is 0 Å². The van der Waals surface area contributed by atoms with Gasteiger partial charge < -0.3 is 13.6 Å². The van der Waals surface area contributed by atoms with E-state index < -0.39 is 0 Å². The van der Waals surface area contributed by atoms with Crippen LogP contribution in [0, 0.1) is 0 Å². The fraction of sp³-hybridized carbons (Fsp3) is 0. The monoisotopic (exact) mass is 624 g/mol. The van der Waals surface area contributed by atoms with Crippen molar-refractivity contribution in [3.8, 4) is 22.5 Å². The molecule has 3 heteroatoms. The molecule has 3 aromatic heterocycles. The van der Waals surface area contributed by atoms with Crippen molar-refractivity contribution in [2.24, 2.45) is 0 Å². The Morgan fingerprint density at radius 1 is 0.327 bits per heavy atom. The molecule has 0 unspecified atom stereocenters. The molecule has 0 aliphatic carbocycles. The first-order valence-electron chi connectivity index (χ1n) is 16.8. The van der Waals surface area contributed by atoms with Gasteiger partial charge in [0.2, 0.25) is 0 Å². The van der Waals surface area contributed by atoms with Crippen LogP contribution in [-0.4, -0.2) is 9.13 Å². The van der Waals surface area contributed by atoms with Crippen molar-refractivity contribution < 1.29 is 4.42 Å². The molecule has 228 valence electrons. The highest BCUT2D eigenvalue weighted by Crippen LogP contribution is 2.43. The van der Waals surface area contributed by atoms with Crippen molar-refractivity contribution >= 4 is 76.3 Å². The van der Waals surface area contributed by atoms with Crippen LogP contribution in [0.3, 0.4) is 0 Å². The topological polar surface area (TPSA) is 23.0 Å². The van der Waals surface area contributed by atoms with Gasteiger partial charge in [-0.05, 0) is 94.7 Å². The van der Waals surface area contributed by atoms with Gasteiger partial charge in [-0.1, -0.05) is 97.1 Å². The van der Waals surface area contributed by atoms with E-state index in [0.717, 1.165) is 27.6 Å². The van der Waals surface area contributed by atoms with E-state index in [2.05, 4.69) is 179 Å². The molecule has 0 fully saturated rings. The molecule has 49 heavy (non-hydrogen) atoms. The number of furan rings is 1. The molecule has 0 spiro atoms. The van der Waals surface area contributed by atoms with Crippen LogP contribution in [0.2, 0.25) is 0 Å². The van der Waals surface area contributed by atoms with Crippen molar-refractivity contribution in [1.29, 1.82) is 0 Å². The molecule has 0 bridgehead atoms. The van der Waals surface area contributed by atoms with Crippen molar-refractivity contribution in [2.75, 3.05) is 0 Å². The highest BCUT2D eigenvalue weighted by molar-refractivity contribution is 6.29. The normalized spacial score (nSPS) is 12.1. The zero-order valence-electron chi connectivity index (χ0n) is 26.5. The molecule has 0 atom stereocenters. The maximum absolute atomic E-state index is 6.32. The maximum atomic E-state index is 6.32. The smallest absolute Gasteiger partial charge is 0.136 e. The van der Waals surface area contributed by atoms with Gasteiger partial charge in [0.05, 0.1) is 22.1 Å². The fourth-order valence-corrected chi connectivity index (χ4v) is 8.12. The second-order valence-electron chi connectivity index (χ2n) is 13.0. The minimum absolute atomic E-state index is 0.909. The molecule has 0 saturated carbocycles. The summed E-state index contributed by atoms with van der Waals surface area (Å²) in [7, 11) is 0. The number of fused-ring (bicyclic) bond motifs is 11. The van der Waals surface area contributed by atoms with Crippen molar-refractivity contribution in [2.45, 2.75) is 0 Å². The van der Waals surface area contributed by atoms with Crippen LogP contribution >= 0.6 is 0 Å². The first-order valence-corrected chi connectivity index (χ1v) is 16.8. The average Bonchev–Trinajstić information content (AvgIpc) is 3.81. The van der Waals surface area contributed by atoms with Gasteiger partial charge >= 0.3 is 0 Å². The molecule has 0 aliphatic heterocycles. The molecule has 0 N–H and O–H groups in total. The molecule has 3 heterocycles. The number of nitrogens with zero attached hydrogens (tertiary/aromatic N) is 2. The van der Waals surface area contributed by atoms with Crippen molar-refractivity contribution in [3.05, 3.63) is 170 Å². The highest BCUT2D eigenvalue weighted by Gasteiger charge is 2.20. The fourth-order valence-electron chi connectivity index (χ4n) is 8.12. The Morgan fingerprint density at radius 2 is 0.898 bits per heavy atom. The average molecular weight is 625 g/mol. The third kappa shape index (κ3) is 3.78. The minimum Gasteiger partial charge on any atom is -0.456 e. The summed E-state index contributed by atoms with van der Waals surface area (Å²) in [5.74, 6) is 0. The van der Waals surface area contributed by atoms with Crippen LogP contribution in [-0.2, 0) is 0 Å². The highest BCUT2D eigenvalue weighted by atomic mass is 16.3. The van der Waals surface area contributed by atoms with E-state index in [4.69, 9.17) is 4.42 Å². The van der Waals surface area contributed by atoms with Crippen LogP contribution in [0.1, 0.15) is 0 Å². The van der Waals surface area contributed by atoms with E-state index in [-0.39, 0.29) is 0 Å². The Balaban J connectivity index is 1.15. The van der Waals surface area contributed by atoms with Gasteiger partial charge in [0, 0.05) is 43.7 Å². The van der Waals surface area contributed by atoms with E-state index in [1.807, 2.05) is 0 Å². The van der Waals surface area contributed by atoms with E-state index >= 15 is 0 Å². The Bertz CT molecular complexity index is 3100. The minimum atomic E-state index is 0.909. The standard InChI is InChI=1S/C46H28N2O/c1-2-14-33(15-3-1)47-39-19-8-6-17-35(39)45-41(47)22-23-42-46(45)36-18-7-9-20-40(36)48(42)34-16-10-13-29(25-34)32-21-24-43-37(27-32)38-26-30-11-4-5-12-31(30)28-44(38)49-43/h1-28H. The van der Waals surface area contributed by atoms with Gasteiger partial charge in [-0.25, -0.2) is 0 Å². The van der Waals surface area contributed by atoms with E-state index in [9.17, 15) is 0 Å². The predicted molar refractivity (Wildman–Crippen MR) is 205 cm³/mol. The summed E-state index contributed by atoms with van der Waals surface area (Å²) >= 11 is 0. The summed E-state index contributed by atoms with van der Waals surface area (Å²) in [6.07, 6.45) is 0. The second kappa shape index (κ2) is 9.96. The lowest BCUT2D eigenvalue weighted by Crippen LogP contribution is -1.95. The summed E-state index contributed by atoms with van der Waals surface area (Å²) in [5, 5.41) is 9.77. The Hall–Kier alpha value is -6.58. The molecule has 8 aromatic carbocycles. The van der Waals surface area contributed by atoms with Crippen LogP contribution in [0.15, 0.2) is 174 Å². The zero-order valence-corrected chi connectivity index (χ0v) is 26.5. The summed E-state index contributed by atoms with van der Waals surface area (Å²) in [6, 6.07) is 61.3. The first kappa shape index (κ1) is 26.5. The maximum Gasteiger partial charge on any atom is 0.136 e. The number of para-hydroxylation sites is 3. The van der Waals surface area contributed by atoms with E-state index in [0.29, 0.717) is 0 Å². The molecule has 11 aromatic rings. The third-order valence-corrected chi connectivity index (χ3v) is 10.3. The number of hydrogen-bond donors (Lipinski definition) is 0. The van der Waals surface area contributed by atoms with Crippen LogP contribution in [0.25, 0.3) is 98.8 Å². The quantitative estimate of drug-likeness (QED) is 0.192. The lowest BCUT2D eigenvalue weighted by atomic mass is 10.0. The lowest BCUT2D eigenvalue weighted by Gasteiger charge is -2.11. The van der Waals surface area contributed by atoms with Gasteiger partial charge in [-0.15, -0.1) is 0 Å². The Kier molecular flexibility index (Phi) is 5.38. The molecule has 0 aliphatic rings. The van der Waals surface area contributed by atoms with Crippen molar-refractivity contribution in [3.63, 3.8) is 0 Å². The second-order valence-corrected chi connectivity index (χ2v) is 13.0. The Morgan fingerprint density at radius 3 is 1.63 bits per heavy atom. The predicted octanol–water partition coefficient (Wildman–Crippen LogP) is 12.6. The molecule has 0 amide bonds. The van der Waals surface area contributed by atoms with E-state index in [1.54, 1.807) is 0 Å². The summed E-state index contributed by atoms with van der Waals surface area (Å²) in [6.45, 7) is 0. The molecular formula is C46H28N2O. The largest absolute Gasteiger partial charge is 0.456 e. The Labute approximate surface area is 281 Å². The molecule has 11 rings (SSSR count). The summed E-state index contributed by atoms with van der Waals surface area (Å²) in [4.78, 5) is 0. The van der Waals surface area contributed by atoms with E-state index in [1.165, 1.54) is 71.2 Å². The summed E-state index contributed by atoms with van der Waals surface area (Å²) in [5.41, 5.74) is 11.3. The molecular weight excluding hydrogens is 597 g/mol. The molecule has 0 saturated heterocycles. The van der Waals surface area contributed by atoms with Gasteiger partial charge in [-0.3, -0.25) is 0 Å². The molecule has 0 radical (unpaired) electrons. The lowest BCUT2D eigenvalue weighted by molar-refractivity contribution is 0.669. The molecule has 3 nitrogen and oxygen atoms in total.